The second-order valence-corrected chi connectivity index (χ2v) is 9.97. The van der Waals surface area contributed by atoms with Gasteiger partial charge in [-0.25, -0.2) is 14.5 Å². The van der Waals surface area contributed by atoms with Crippen LogP contribution in [0.5, 0.6) is 5.75 Å². The molecule has 0 fully saturated rings. The smallest absolute Gasteiger partial charge is 0.163 e. The predicted octanol–water partition coefficient (Wildman–Crippen LogP) is 6.39. The van der Waals surface area contributed by atoms with Gasteiger partial charge in [0.05, 0.1) is 24.8 Å². The Bertz CT molecular complexity index is 1510. The van der Waals surface area contributed by atoms with E-state index in [2.05, 4.69) is 74.3 Å². The molecule has 5 rings (SSSR count). The molecule has 0 N–H and O–H groups in total. The van der Waals surface area contributed by atoms with Crippen LogP contribution in [0.15, 0.2) is 67.3 Å². The third kappa shape index (κ3) is 5.03. The Morgan fingerprint density at radius 2 is 1.83 bits per heavy atom. The molecule has 3 heterocycles. The average Bonchev–Trinajstić information content (AvgIpc) is 3.47. The van der Waals surface area contributed by atoms with Crippen molar-refractivity contribution in [2.45, 2.75) is 47.0 Å². The first-order valence-electron chi connectivity index (χ1n) is 12.5. The number of ether oxygens (including phenoxy) is 1. The number of methoxy groups -OCH3 is 1. The highest BCUT2D eigenvalue weighted by atomic mass is 16.5. The standard InChI is InChI=1S/C30H33N5O/c1-20(2)9-10-23-7-6-8-25(14-23)26-13-21(3)17-35-30(26)32-29(33-35)16-24-11-12-27(28(15-24)36-5)34-18-22(4)31-19-34/h6-8,11-15,17-20H,9-10,16H2,1-5H3. The lowest BCUT2D eigenvalue weighted by Gasteiger charge is -2.10. The number of pyridine rings is 1. The SMILES string of the molecule is COc1cc(Cc2nc3c(-c4cccc(CCC(C)C)c4)cc(C)cn3n2)ccc1-n1cnc(C)c1. The van der Waals surface area contributed by atoms with E-state index in [1.807, 2.05) is 28.4 Å². The molecule has 5 aromatic rings. The first-order chi connectivity index (χ1) is 17.4. The van der Waals surface area contributed by atoms with Crippen molar-refractivity contribution in [3.8, 4) is 22.6 Å². The van der Waals surface area contributed by atoms with E-state index in [1.54, 1.807) is 13.4 Å². The van der Waals surface area contributed by atoms with Gasteiger partial charge >= 0.3 is 0 Å². The van der Waals surface area contributed by atoms with Crippen molar-refractivity contribution in [3.63, 3.8) is 0 Å². The van der Waals surface area contributed by atoms with Gasteiger partial charge in [-0.2, -0.15) is 5.10 Å². The molecule has 0 saturated heterocycles. The summed E-state index contributed by atoms with van der Waals surface area (Å²) >= 11 is 0. The summed E-state index contributed by atoms with van der Waals surface area (Å²) in [6.07, 6.45) is 8.73. The van der Waals surface area contributed by atoms with Crippen LogP contribution in [0.25, 0.3) is 22.5 Å². The fourth-order valence-corrected chi connectivity index (χ4v) is 4.58. The Hall–Kier alpha value is -3.93. The van der Waals surface area contributed by atoms with Crippen LogP contribution in [-0.4, -0.2) is 31.3 Å². The molecule has 36 heavy (non-hydrogen) atoms. The molecule has 0 unspecified atom stereocenters. The van der Waals surface area contributed by atoms with Crippen molar-refractivity contribution in [1.82, 2.24) is 24.1 Å². The summed E-state index contributed by atoms with van der Waals surface area (Å²) in [7, 11) is 1.69. The zero-order chi connectivity index (χ0) is 25.2. The lowest BCUT2D eigenvalue weighted by Crippen LogP contribution is -1.98. The molecule has 0 aliphatic heterocycles. The Morgan fingerprint density at radius 3 is 2.58 bits per heavy atom. The number of benzene rings is 2. The second-order valence-electron chi connectivity index (χ2n) is 9.97. The van der Waals surface area contributed by atoms with Gasteiger partial charge in [-0.3, -0.25) is 0 Å². The zero-order valence-corrected chi connectivity index (χ0v) is 21.7. The molecule has 3 aromatic heterocycles. The van der Waals surface area contributed by atoms with Gasteiger partial charge in [-0.15, -0.1) is 0 Å². The number of nitrogens with zero attached hydrogens (tertiary/aromatic N) is 5. The summed E-state index contributed by atoms with van der Waals surface area (Å²) < 4.78 is 9.59. The highest BCUT2D eigenvalue weighted by Gasteiger charge is 2.14. The molecule has 0 aliphatic rings. The number of imidazole rings is 1. The van der Waals surface area contributed by atoms with Gasteiger partial charge in [0, 0.05) is 24.4 Å². The van der Waals surface area contributed by atoms with Gasteiger partial charge in [0.25, 0.3) is 0 Å². The normalized spacial score (nSPS) is 11.5. The molecule has 184 valence electrons. The van der Waals surface area contributed by atoms with E-state index in [0.29, 0.717) is 12.3 Å². The van der Waals surface area contributed by atoms with Gasteiger partial charge < -0.3 is 9.30 Å². The number of hydrogen-bond acceptors (Lipinski definition) is 4. The van der Waals surface area contributed by atoms with Crippen molar-refractivity contribution in [2.75, 3.05) is 7.11 Å². The number of hydrogen-bond donors (Lipinski definition) is 0. The lowest BCUT2D eigenvalue weighted by atomic mass is 9.98. The Balaban J connectivity index is 1.46. The third-order valence-corrected chi connectivity index (χ3v) is 6.46. The van der Waals surface area contributed by atoms with Crippen molar-refractivity contribution in [3.05, 3.63) is 95.5 Å². The van der Waals surface area contributed by atoms with Gasteiger partial charge in [-0.05, 0) is 73.1 Å². The van der Waals surface area contributed by atoms with E-state index >= 15 is 0 Å². The Labute approximate surface area is 212 Å². The quantitative estimate of drug-likeness (QED) is 0.259. The van der Waals surface area contributed by atoms with Crippen LogP contribution >= 0.6 is 0 Å². The third-order valence-electron chi connectivity index (χ3n) is 6.46. The van der Waals surface area contributed by atoms with E-state index in [1.165, 1.54) is 17.5 Å². The molecular weight excluding hydrogens is 446 g/mol. The van der Waals surface area contributed by atoms with Gasteiger partial charge in [0.2, 0.25) is 0 Å². The molecule has 6 heteroatoms. The molecule has 6 nitrogen and oxygen atoms in total. The van der Waals surface area contributed by atoms with Gasteiger partial charge in [0.15, 0.2) is 11.5 Å². The monoisotopic (exact) mass is 479 g/mol. The van der Waals surface area contributed by atoms with Crippen LogP contribution < -0.4 is 4.74 Å². The zero-order valence-electron chi connectivity index (χ0n) is 21.7. The molecule has 0 bridgehead atoms. The maximum atomic E-state index is 5.69. The highest BCUT2D eigenvalue weighted by molar-refractivity contribution is 5.78. The summed E-state index contributed by atoms with van der Waals surface area (Å²) in [5.41, 5.74) is 8.72. The molecule has 0 saturated carbocycles. The summed E-state index contributed by atoms with van der Waals surface area (Å²) in [5.74, 6) is 2.27. The maximum Gasteiger partial charge on any atom is 0.163 e. The van der Waals surface area contributed by atoms with E-state index in [9.17, 15) is 0 Å². The van der Waals surface area contributed by atoms with E-state index < -0.39 is 0 Å². The molecular formula is C30H33N5O. The van der Waals surface area contributed by atoms with Crippen molar-refractivity contribution >= 4 is 5.65 Å². The van der Waals surface area contributed by atoms with Crippen LogP contribution in [0.4, 0.5) is 0 Å². The molecule has 2 aromatic carbocycles. The van der Waals surface area contributed by atoms with E-state index in [-0.39, 0.29) is 0 Å². The summed E-state index contributed by atoms with van der Waals surface area (Å²) in [5, 5.41) is 4.83. The average molecular weight is 480 g/mol. The van der Waals surface area contributed by atoms with Gasteiger partial charge in [-0.1, -0.05) is 44.2 Å². The largest absolute Gasteiger partial charge is 0.495 e. The summed E-state index contributed by atoms with van der Waals surface area (Å²) in [4.78, 5) is 9.30. The van der Waals surface area contributed by atoms with Crippen LogP contribution in [0.2, 0.25) is 0 Å². The van der Waals surface area contributed by atoms with Crippen LogP contribution in [0.1, 0.15) is 48.5 Å². The van der Waals surface area contributed by atoms with Gasteiger partial charge in [0.1, 0.15) is 5.75 Å². The molecule has 0 atom stereocenters. The number of aromatic nitrogens is 5. The Morgan fingerprint density at radius 1 is 0.972 bits per heavy atom. The minimum absolute atomic E-state index is 0.619. The predicted molar refractivity (Wildman–Crippen MR) is 144 cm³/mol. The van der Waals surface area contributed by atoms with Crippen molar-refractivity contribution < 1.29 is 4.74 Å². The van der Waals surface area contributed by atoms with Crippen molar-refractivity contribution in [1.29, 1.82) is 0 Å². The summed E-state index contributed by atoms with van der Waals surface area (Å²) in [6, 6.07) is 17.3. The first kappa shape index (κ1) is 23.8. The molecule has 0 spiro atoms. The van der Waals surface area contributed by atoms with Crippen LogP contribution in [0, 0.1) is 19.8 Å². The second kappa shape index (κ2) is 9.97. The molecule has 0 aliphatic carbocycles. The topological polar surface area (TPSA) is 57.2 Å². The number of fused-ring (bicyclic) bond motifs is 1. The molecule has 0 radical (unpaired) electrons. The number of rotatable bonds is 8. The minimum atomic E-state index is 0.619. The van der Waals surface area contributed by atoms with E-state index in [0.717, 1.165) is 51.7 Å². The Kier molecular flexibility index (Phi) is 6.59. The maximum absolute atomic E-state index is 5.69. The first-order valence-corrected chi connectivity index (χ1v) is 12.5. The number of aryl methyl sites for hydroxylation is 3. The highest BCUT2D eigenvalue weighted by Crippen LogP contribution is 2.28. The fourth-order valence-electron chi connectivity index (χ4n) is 4.58. The fraction of sp³-hybridized carbons (Fsp3) is 0.300. The molecule has 0 amide bonds. The summed E-state index contributed by atoms with van der Waals surface area (Å²) in [6.45, 7) is 8.62. The lowest BCUT2D eigenvalue weighted by molar-refractivity contribution is 0.412. The minimum Gasteiger partial charge on any atom is -0.495 e. The van der Waals surface area contributed by atoms with Crippen LogP contribution in [-0.2, 0) is 12.8 Å². The van der Waals surface area contributed by atoms with E-state index in [4.69, 9.17) is 14.8 Å². The van der Waals surface area contributed by atoms with Crippen molar-refractivity contribution in [2.24, 2.45) is 5.92 Å². The van der Waals surface area contributed by atoms with Crippen LogP contribution in [0.3, 0.4) is 0 Å².